The molecule has 0 bridgehead atoms. The second kappa shape index (κ2) is 10.6. The molecule has 0 spiro atoms. The SMILES string of the molecule is CCCCOc1cccc(C2C(C#N)=C(N)Oc3cc(OC(=O)c4sc5ccccc5c4Cl)ccc32)c1. The Morgan fingerprint density at radius 3 is 2.76 bits per heavy atom. The van der Waals surface area contributed by atoms with Gasteiger partial charge < -0.3 is 19.9 Å². The van der Waals surface area contributed by atoms with Gasteiger partial charge in [-0.25, -0.2) is 4.79 Å². The van der Waals surface area contributed by atoms with Crippen LogP contribution in [-0.2, 0) is 0 Å². The van der Waals surface area contributed by atoms with Crippen molar-refractivity contribution in [1.29, 1.82) is 5.26 Å². The first-order chi connectivity index (χ1) is 18.0. The van der Waals surface area contributed by atoms with Crippen LogP contribution in [0.5, 0.6) is 17.2 Å². The molecule has 37 heavy (non-hydrogen) atoms. The summed E-state index contributed by atoms with van der Waals surface area (Å²) in [6.45, 7) is 2.72. The maximum Gasteiger partial charge on any atom is 0.355 e. The number of esters is 1. The zero-order valence-corrected chi connectivity index (χ0v) is 21.6. The Morgan fingerprint density at radius 1 is 1.14 bits per heavy atom. The molecule has 2 heterocycles. The van der Waals surface area contributed by atoms with E-state index in [2.05, 4.69) is 13.0 Å². The van der Waals surface area contributed by atoms with Crippen LogP contribution in [-0.4, -0.2) is 12.6 Å². The van der Waals surface area contributed by atoms with Crippen LogP contribution in [0.1, 0.15) is 46.5 Å². The van der Waals surface area contributed by atoms with Crippen molar-refractivity contribution in [2.75, 3.05) is 6.61 Å². The molecule has 1 aromatic heterocycles. The number of carbonyl (C=O) groups is 1. The summed E-state index contributed by atoms with van der Waals surface area (Å²) in [5, 5.41) is 11.0. The van der Waals surface area contributed by atoms with E-state index in [1.54, 1.807) is 18.2 Å². The lowest BCUT2D eigenvalue weighted by atomic mass is 9.83. The molecule has 1 aliphatic rings. The first kappa shape index (κ1) is 24.7. The van der Waals surface area contributed by atoms with Gasteiger partial charge in [-0.05, 0) is 36.2 Å². The zero-order chi connectivity index (χ0) is 25.9. The second-order valence-corrected chi connectivity index (χ2v) is 9.96. The molecule has 5 rings (SSSR count). The van der Waals surface area contributed by atoms with E-state index < -0.39 is 11.9 Å². The van der Waals surface area contributed by atoms with Crippen LogP contribution in [0.3, 0.4) is 0 Å². The molecule has 4 aromatic rings. The average Bonchev–Trinajstić information content (AvgIpc) is 3.25. The summed E-state index contributed by atoms with van der Waals surface area (Å²) in [7, 11) is 0. The normalized spacial score (nSPS) is 14.6. The highest BCUT2D eigenvalue weighted by molar-refractivity contribution is 7.21. The number of fused-ring (bicyclic) bond motifs is 2. The number of nitrogens with two attached hydrogens (primary N) is 1. The summed E-state index contributed by atoms with van der Waals surface area (Å²) < 4.78 is 18.2. The largest absolute Gasteiger partial charge is 0.494 e. The molecular weight excluding hydrogens is 508 g/mol. The number of allylic oxidation sites excluding steroid dienone is 1. The van der Waals surface area contributed by atoms with Crippen LogP contribution in [0.15, 0.2) is 78.2 Å². The zero-order valence-electron chi connectivity index (χ0n) is 20.0. The van der Waals surface area contributed by atoms with E-state index in [9.17, 15) is 10.1 Å². The number of nitriles is 1. The standard InChI is InChI=1S/C29H23ClN2O4S/c1-2-3-13-34-18-8-6-7-17(14-18)25-20-12-11-19(15-23(20)36-28(32)22(25)16-31)35-29(33)27-26(30)21-9-4-5-10-24(21)37-27/h4-12,14-15,25H,2-3,13,32H2,1H3. The predicted molar refractivity (Wildman–Crippen MR) is 144 cm³/mol. The Kier molecular flexibility index (Phi) is 7.04. The first-order valence-electron chi connectivity index (χ1n) is 11.8. The van der Waals surface area contributed by atoms with Gasteiger partial charge in [0.15, 0.2) is 0 Å². The predicted octanol–water partition coefficient (Wildman–Crippen LogP) is 7.17. The third kappa shape index (κ3) is 4.86. The van der Waals surface area contributed by atoms with Gasteiger partial charge in [0.2, 0.25) is 5.88 Å². The quantitative estimate of drug-likeness (QED) is 0.154. The maximum atomic E-state index is 12.9. The van der Waals surface area contributed by atoms with Crippen molar-refractivity contribution in [2.24, 2.45) is 5.73 Å². The van der Waals surface area contributed by atoms with Crippen molar-refractivity contribution in [2.45, 2.75) is 25.7 Å². The molecule has 1 unspecified atom stereocenters. The highest BCUT2D eigenvalue weighted by Crippen LogP contribution is 2.44. The Morgan fingerprint density at radius 2 is 1.97 bits per heavy atom. The van der Waals surface area contributed by atoms with E-state index in [-0.39, 0.29) is 11.6 Å². The number of halogens is 1. The van der Waals surface area contributed by atoms with Crippen LogP contribution in [0.25, 0.3) is 10.1 Å². The van der Waals surface area contributed by atoms with E-state index in [4.69, 9.17) is 31.5 Å². The highest BCUT2D eigenvalue weighted by Gasteiger charge is 2.31. The summed E-state index contributed by atoms with van der Waals surface area (Å²) in [4.78, 5) is 13.3. The molecule has 0 saturated carbocycles. The lowest BCUT2D eigenvalue weighted by Gasteiger charge is -2.27. The minimum Gasteiger partial charge on any atom is -0.494 e. The van der Waals surface area contributed by atoms with Crippen molar-refractivity contribution in [3.63, 3.8) is 0 Å². The summed E-state index contributed by atoms with van der Waals surface area (Å²) in [6.07, 6.45) is 1.99. The van der Waals surface area contributed by atoms with E-state index >= 15 is 0 Å². The molecule has 1 aliphatic heterocycles. The molecule has 0 aliphatic carbocycles. The Bertz CT molecular complexity index is 1570. The molecule has 8 heteroatoms. The van der Waals surface area contributed by atoms with Crippen LogP contribution < -0.4 is 19.9 Å². The van der Waals surface area contributed by atoms with E-state index in [0.717, 1.165) is 39.8 Å². The smallest absolute Gasteiger partial charge is 0.355 e. The fourth-order valence-corrected chi connectivity index (χ4v) is 5.64. The number of rotatable bonds is 7. The van der Waals surface area contributed by atoms with Gasteiger partial charge in [0.25, 0.3) is 0 Å². The molecule has 186 valence electrons. The van der Waals surface area contributed by atoms with Crippen molar-refractivity contribution < 1.29 is 19.0 Å². The number of ether oxygens (including phenoxy) is 3. The molecule has 0 fully saturated rings. The van der Waals surface area contributed by atoms with Crippen LogP contribution in [0.4, 0.5) is 0 Å². The molecular formula is C29H23ClN2O4S. The number of benzene rings is 3. The second-order valence-electron chi connectivity index (χ2n) is 8.53. The van der Waals surface area contributed by atoms with Crippen molar-refractivity contribution in [1.82, 2.24) is 0 Å². The van der Waals surface area contributed by atoms with Gasteiger partial charge in [-0.3, -0.25) is 0 Å². The van der Waals surface area contributed by atoms with Crippen LogP contribution in [0.2, 0.25) is 5.02 Å². The first-order valence-corrected chi connectivity index (χ1v) is 13.0. The number of carbonyl (C=O) groups excluding carboxylic acids is 1. The number of hydrogen-bond acceptors (Lipinski definition) is 7. The fourth-order valence-electron chi connectivity index (χ4n) is 4.26. The summed E-state index contributed by atoms with van der Waals surface area (Å²) in [5.41, 5.74) is 8.04. The third-order valence-electron chi connectivity index (χ3n) is 6.08. The van der Waals surface area contributed by atoms with E-state index in [0.29, 0.717) is 27.8 Å². The van der Waals surface area contributed by atoms with Gasteiger partial charge in [0.05, 0.1) is 17.5 Å². The third-order valence-corrected chi connectivity index (χ3v) is 7.73. The molecule has 3 aromatic carbocycles. The van der Waals surface area contributed by atoms with Crippen molar-refractivity contribution in [3.8, 4) is 23.3 Å². The summed E-state index contributed by atoms with van der Waals surface area (Å²) in [5.74, 6) is 0.406. The van der Waals surface area contributed by atoms with Crippen molar-refractivity contribution in [3.05, 3.63) is 99.2 Å². The Labute approximate surface area is 223 Å². The average molecular weight is 531 g/mol. The Balaban J connectivity index is 1.45. The highest BCUT2D eigenvalue weighted by atomic mass is 35.5. The lowest BCUT2D eigenvalue weighted by Crippen LogP contribution is -2.21. The molecule has 6 nitrogen and oxygen atoms in total. The Hall–Kier alpha value is -3.99. The number of thiophene rings is 1. The molecule has 0 saturated heterocycles. The lowest BCUT2D eigenvalue weighted by molar-refractivity contribution is 0.0740. The summed E-state index contributed by atoms with van der Waals surface area (Å²) in [6, 6.07) is 22.4. The number of unbranched alkanes of at least 4 members (excludes halogenated alkanes) is 1. The van der Waals surface area contributed by atoms with Gasteiger partial charge in [-0.15, -0.1) is 11.3 Å². The van der Waals surface area contributed by atoms with Crippen LogP contribution in [0, 0.1) is 11.3 Å². The molecule has 0 amide bonds. The van der Waals surface area contributed by atoms with Gasteiger partial charge in [0.1, 0.15) is 33.8 Å². The van der Waals surface area contributed by atoms with Crippen LogP contribution >= 0.6 is 22.9 Å². The topological polar surface area (TPSA) is 94.6 Å². The van der Waals surface area contributed by atoms with Gasteiger partial charge in [0, 0.05) is 21.7 Å². The number of hydrogen-bond donors (Lipinski definition) is 1. The molecule has 0 radical (unpaired) electrons. The summed E-state index contributed by atoms with van der Waals surface area (Å²) >= 11 is 7.72. The minimum absolute atomic E-state index is 0.00771. The van der Waals surface area contributed by atoms with E-state index in [1.807, 2.05) is 48.5 Å². The van der Waals surface area contributed by atoms with Crippen molar-refractivity contribution >= 4 is 39.0 Å². The molecule has 1 atom stereocenters. The monoisotopic (exact) mass is 530 g/mol. The molecule has 2 N–H and O–H groups in total. The van der Waals surface area contributed by atoms with Gasteiger partial charge in [-0.2, -0.15) is 5.26 Å². The van der Waals surface area contributed by atoms with Gasteiger partial charge in [-0.1, -0.05) is 61.3 Å². The fraction of sp³-hybridized carbons (Fsp3) is 0.172. The minimum atomic E-state index is -0.559. The van der Waals surface area contributed by atoms with Gasteiger partial charge >= 0.3 is 5.97 Å². The van der Waals surface area contributed by atoms with E-state index in [1.165, 1.54) is 11.3 Å². The maximum absolute atomic E-state index is 12.9. The number of nitrogens with zero attached hydrogens (tertiary/aromatic N) is 1.